The van der Waals surface area contributed by atoms with Crippen LogP contribution in [-0.4, -0.2) is 49.2 Å². The van der Waals surface area contributed by atoms with Gasteiger partial charge in [0.25, 0.3) is 30.4 Å². The van der Waals surface area contributed by atoms with E-state index >= 15 is 0 Å². The van der Waals surface area contributed by atoms with Gasteiger partial charge in [-0.15, -0.1) is 0 Å². The molecule has 0 radical (unpaired) electrons. The average molecular weight is 298 g/mol. The first-order valence-electron chi connectivity index (χ1n) is 3.63. The van der Waals surface area contributed by atoms with E-state index in [1.54, 1.807) is 0 Å². The second kappa shape index (κ2) is 4.54. The lowest BCUT2D eigenvalue weighted by molar-refractivity contribution is 0.430. The molecule has 0 spiro atoms. The molecule has 1 unspecified atom stereocenters. The van der Waals surface area contributed by atoms with Crippen molar-refractivity contribution in [3.8, 4) is 0 Å². The van der Waals surface area contributed by atoms with Crippen LogP contribution in [0.2, 0.25) is 0 Å². The highest BCUT2D eigenvalue weighted by atomic mass is 32.3. The van der Waals surface area contributed by atoms with E-state index in [4.69, 9.17) is 13.7 Å². The molecule has 0 aromatic heterocycles. The molecule has 0 saturated heterocycles. The molecule has 0 aromatic carbocycles. The van der Waals surface area contributed by atoms with Crippen molar-refractivity contribution in [2.75, 3.05) is 5.75 Å². The van der Waals surface area contributed by atoms with Crippen molar-refractivity contribution in [2.45, 2.75) is 11.5 Å². The molecule has 0 bridgehead atoms. The first-order chi connectivity index (χ1) is 6.75. The van der Waals surface area contributed by atoms with Crippen molar-refractivity contribution in [1.29, 1.82) is 0 Å². The Morgan fingerprint density at radius 3 is 1.38 bits per heavy atom. The normalized spacial score (nSPS) is 16.3. The van der Waals surface area contributed by atoms with Gasteiger partial charge in [-0.2, -0.15) is 25.3 Å². The third-order valence-corrected chi connectivity index (χ3v) is 6.04. The minimum atomic E-state index is -5.21. The van der Waals surface area contributed by atoms with E-state index in [-0.39, 0.29) is 0 Å². The van der Waals surface area contributed by atoms with Crippen LogP contribution in [0.4, 0.5) is 0 Å². The molecule has 0 aliphatic rings. The highest BCUT2D eigenvalue weighted by molar-refractivity contribution is 8.04. The molecule has 0 fully saturated rings. The molecule has 3 N–H and O–H groups in total. The fraction of sp³-hybridized carbons (Fsp3) is 1.00. The maximum Gasteiger partial charge on any atom is 0.285 e. The fourth-order valence-corrected chi connectivity index (χ4v) is 4.85. The molecule has 0 aromatic rings. The average Bonchev–Trinajstić information content (AvgIpc) is 1.70. The maximum absolute atomic E-state index is 10.6. The monoisotopic (exact) mass is 298 g/mol. The van der Waals surface area contributed by atoms with Crippen LogP contribution in [0.15, 0.2) is 0 Å². The molecule has 0 aliphatic carbocycles. The molecule has 0 amide bonds. The molecule has 98 valence electrons. The largest absolute Gasteiger partial charge is 0.286 e. The molecule has 12 heteroatoms. The van der Waals surface area contributed by atoms with Gasteiger partial charge in [0.1, 0.15) is 0 Å². The van der Waals surface area contributed by atoms with Crippen LogP contribution in [0.3, 0.4) is 0 Å². The summed E-state index contributed by atoms with van der Waals surface area (Å²) in [6, 6.07) is 0. The van der Waals surface area contributed by atoms with Crippen LogP contribution in [0.1, 0.15) is 6.92 Å². The van der Waals surface area contributed by atoms with Gasteiger partial charge in [0.05, 0.1) is 5.75 Å². The van der Waals surface area contributed by atoms with Crippen LogP contribution in [0.5, 0.6) is 0 Å². The fourth-order valence-electron chi connectivity index (χ4n) is 1.15. The minimum absolute atomic E-state index is 0.819. The van der Waals surface area contributed by atoms with Crippen molar-refractivity contribution < 1.29 is 38.9 Å². The minimum Gasteiger partial charge on any atom is -0.286 e. The zero-order valence-corrected chi connectivity index (χ0v) is 10.3. The van der Waals surface area contributed by atoms with E-state index in [9.17, 15) is 25.3 Å². The summed E-state index contributed by atoms with van der Waals surface area (Å²) in [7, 11) is -15.1. The van der Waals surface area contributed by atoms with Gasteiger partial charge in [-0.3, -0.25) is 13.7 Å². The van der Waals surface area contributed by atoms with Gasteiger partial charge in [-0.05, 0) is 0 Å². The van der Waals surface area contributed by atoms with Gasteiger partial charge in [0, 0.05) is 5.92 Å². The Morgan fingerprint density at radius 2 is 1.19 bits per heavy atom. The zero-order chi connectivity index (χ0) is 13.4. The van der Waals surface area contributed by atoms with Crippen LogP contribution in [0.25, 0.3) is 0 Å². The molecular weight excluding hydrogens is 288 g/mol. The zero-order valence-electron chi connectivity index (χ0n) is 7.88. The van der Waals surface area contributed by atoms with Gasteiger partial charge in [-0.1, -0.05) is 6.92 Å². The predicted octanol–water partition coefficient (Wildman–Crippen LogP) is -1.39. The molecule has 0 rings (SSSR count). The molecule has 1 atom stereocenters. The van der Waals surface area contributed by atoms with Crippen LogP contribution in [0, 0.1) is 5.92 Å². The first kappa shape index (κ1) is 15.7. The molecule has 0 aliphatic heterocycles. The van der Waals surface area contributed by atoms with E-state index in [1.807, 2.05) is 0 Å². The Kier molecular flexibility index (Phi) is 4.46. The third-order valence-electron chi connectivity index (χ3n) is 1.53. The van der Waals surface area contributed by atoms with Crippen LogP contribution in [-0.2, 0) is 30.4 Å². The lowest BCUT2D eigenvalue weighted by Crippen LogP contribution is -2.38. The SMILES string of the molecule is CC(CS(=O)(=O)O)C(S(=O)(=O)O)S(=O)(=O)O. The summed E-state index contributed by atoms with van der Waals surface area (Å²) in [6.07, 6.45) is 0. The molecule has 16 heavy (non-hydrogen) atoms. The first-order valence-corrected chi connectivity index (χ1v) is 8.24. The highest BCUT2D eigenvalue weighted by Crippen LogP contribution is 2.18. The Hall–Kier alpha value is -0.270. The predicted molar refractivity (Wildman–Crippen MR) is 52.5 cm³/mol. The number of hydrogen-bond acceptors (Lipinski definition) is 6. The van der Waals surface area contributed by atoms with Crippen molar-refractivity contribution in [3.63, 3.8) is 0 Å². The van der Waals surface area contributed by atoms with E-state index < -0.39 is 46.6 Å². The van der Waals surface area contributed by atoms with Crippen molar-refractivity contribution in [2.24, 2.45) is 5.92 Å². The molecule has 9 nitrogen and oxygen atoms in total. The third kappa shape index (κ3) is 5.18. The molecule has 0 heterocycles. The lowest BCUT2D eigenvalue weighted by atomic mass is 10.3. The smallest absolute Gasteiger partial charge is 0.285 e. The standard InChI is InChI=1S/C4H10O9S3/c1-3(2-14(5,6)7)4(15(8,9)10)16(11,12)13/h3-4H,2H2,1H3,(H,5,6,7)(H,8,9,10)(H,11,12,13). The van der Waals surface area contributed by atoms with Gasteiger partial charge < -0.3 is 0 Å². The van der Waals surface area contributed by atoms with Crippen LogP contribution < -0.4 is 0 Å². The second-order valence-corrected chi connectivity index (χ2v) is 8.00. The Balaban J connectivity index is 5.43. The highest BCUT2D eigenvalue weighted by Gasteiger charge is 2.41. The Morgan fingerprint density at radius 1 is 0.875 bits per heavy atom. The lowest BCUT2D eigenvalue weighted by Gasteiger charge is -2.16. The van der Waals surface area contributed by atoms with E-state index in [0.29, 0.717) is 0 Å². The summed E-state index contributed by atoms with van der Waals surface area (Å²) in [4.78, 5) is 0. The van der Waals surface area contributed by atoms with Gasteiger partial charge >= 0.3 is 0 Å². The van der Waals surface area contributed by atoms with Crippen LogP contribution >= 0.6 is 0 Å². The topological polar surface area (TPSA) is 163 Å². The van der Waals surface area contributed by atoms with E-state index in [2.05, 4.69) is 0 Å². The Labute approximate surface area is 92.7 Å². The summed E-state index contributed by atoms with van der Waals surface area (Å²) in [5.74, 6) is -2.97. The summed E-state index contributed by atoms with van der Waals surface area (Å²) >= 11 is 0. The number of rotatable bonds is 5. The van der Waals surface area contributed by atoms with E-state index in [0.717, 1.165) is 6.92 Å². The van der Waals surface area contributed by atoms with Gasteiger partial charge in [-0.25, -0.2) is 0 Å². The van der Waals surface area contributed by atoms with Crippen molar-refractivity contribution >= 4 is 30.4 Å². The van der Waals surface area contributed by atoms with Crippen molar-refractivity contribution in [3.05, 3.63) is 0 Å². The van der Waals surface area contributed by atoms with Gasteiger partial charge in [0.15, 0.2) is 0 Å². The summed E-state index contributed by atoms with van der Waals surface area (Å²) in [6.45, 7) is 0.819. The molecule has 0 saturated carbocycles. The van der Waals surface area contributed by atoms with Crippen molar-refractivity contribution in [1.82, 2.24) is 0 Å². The maximum atomic E-state index is 10.6. The summed E-state index contributed by atoms with van der Waals surface area (Å²) in [5, 5.41) is 0. The second-order valence-electron chi connectivity index (χ2n) is 3.12. The molecular formula is C4H10O9S3. The van der Waals surface area contributed by atoms with Gasteiger partial charge in [0.2, 0.25) is 4.58 Å². The summed E-state index contributed by atoms with van der Waals surface area (Å²) < 4.78 is 86.1. The van der Waals surface area contributed by atoms with E-state index in [1.165, 1.54) is 0 Å². The summed E-state index contributed by atoms with van der Waals surface area (Å²) in [5.41, 5.74) is 0. The number of hydrogen-bond donors (Lipinski definition) is 3. The Bertz CT molecular complexity index is 506. The quantitative estimate of drug-likeness (QED) is 0.518.